The van der Waals surface area contributed by atoms with Gasteiger partial charge in [-0.1, -0.05) is 158 Å². The number of hydrogen-bond acceptors (Lipinski definition) is 4. The van der Waals surface area contributed by atoms with Crippen molar-refractivity contribution in [2.75, 3.05) is 0 Å². The van der Waals surface area contributed by atoms with E-state index in [0.717, 1.165) is 73.1 Å². The average Bonchev–Trinajstić information content (AvgIpc) is 3.17. The molecule has 5 aromatic carbocycles. The Morgan fingerprint density at radius 1 is 0.417 bits per heavy atom. The van der Waals surface area contributed by atoms with Crippen molar-refractivity contribution in [1.29, 1.82) is 0 Å². The van der Waals surface area contributed by atoms with E-state index in [1.807, 2.05) is 92.7 Å². The van der Waals surface area contributed by atoms with Gasteiger partial charge in [-0.3, -0.25) is 0 Å². The maximum atomic E-state index is 5.43. The molecule has 230 valence electrons. The summed E-state index contributed by atoms with van der Waals surface area (Å²) in [6, 6.07) is 51.5. The predicted octanol–water partition coefficient (Wildman–Crippen LogP) is 11.2. The predicted molar refractivity (Wildman–Crippen MR) is 199 cm³/mol. The molecule has 0 atom stereocenters. The zero-order valence-electron chi connectivity index (χ0n) is 27.0. The summed E-state index contributed by atoms with van der Waals surface area (Å²) < 4.78 is 0. The highest BCUT2D eigenvalue weighted by molar-refractivity contribution is 5.87. The molecule has 0 amide bonds. The lowest BCUT2D eigenvalue weighted by atomic mass is 9.98. The number of nitrogens with zero attached hydrogens (tertiary/aromatic N) is 4. The Bertz CT molecular complexity index is 2220. The van der Waals surface area contributed by atoms with E-state index in [1.54, 1.807) is 0 Å². The lowest BCUT2D eigenvalue weighted by Gasteiger charge is -2.16. The fourth-order valence-electron chi connectivity index (χ4n) is 5.82. The number of aromatic nitrogens is 4. The summed E-state index contributed by atoms with van der Waals surface area (Å²) in [5.41, 5.74) is 11.9. The van der Waals surface area contributed by atoms with Gasteiger partial charge in [0.05, 0.1) is 34.2 Å². The van der Waals surface area contributed by atoms with E-state index in [2.05, 4.69) is 91.0 Å². The van der Waals surface area contributed by atoms with Crippen LogP contribution in [0.2, 0.25) is 0 Å². The Morgan fingerprint density at radius 2 is 0.854 bits per heavy atom. The first-order valence-corrected chi connectivity index (χ1v) is 16.1. The van der Waals surface area contributed by atoms with E-state index in [1.165, 1.54) is 0 Å². The molecule has 0 radical (unpaired) electrons. The normalized spacial score (nSPS) is 11.6. The van der Waals surface area contributed by atoms with Crippen molar-refractivity contribution in [3.05, 3.63) is 176 Å². The molecule has 0 fully saturated rings. The van der Waals surface area contributed by atoms with Gasteiger partial charge in [0.2, 0.25) is 0 Å². The summed E-state index contributed by atoms with van der Waals surface area (Å²) in [7, 11) is 0. The first-order valence-electron chi connectivity index (χ1n) is 16.1. The molecule has 0 aliphatic rings. The van der Waals surface area contributed by atoms with E-state index in [0.29, 0.717) is 5.82 Å². The standard InChI is InChI=1S/C44H34N4/c1-3-18-31(4-2)38-30-39(32-19-9-5-10-20-32)46-44(45-38)37-28-17-27-36(29-37)43-42(35-25-15-8-16-26-35)47-40(33-21-11-6-12-22-33)41(48-43)34-23-13-7-14-24-34/h3-30H,1-2H3/b18-3-,31-4+. The van der Waals surface area contributed by atoms with Crippen LogP contribution in [0.25, 0.3) is 73.2 Å². The molecule has 0 bridgehead atoms. The van der Waals surface area contributed by atoms with Gasteiger partial charge >= 0.3 is 0 Å². The maximum Gasteiger partial charge on any atom is 0.160 e. The summed E-state index contributed by atoms with van der Waals surface area (Å²) >= 11 is 0. The Balaban J connectivity index is 1.45. The molecule has 0 spiro atoms. The van der Waals surface area contributed by atoms with Crippen LogP contribution in [-0.2, 0) is 0 Å². The van der Waals surface area contributed by atoms with Gasteiger partial charge < -0.3 is 0 Å². The van der Waals surface area contributed by atoms with Gasteiger partial charge in [-0.15, -0.1) is 0 Å². The maximum absolute atomic E-state index is 5.43. The summed E-state index contributed by atoms with van der Waals surface area (Å²) in [6.07, 6.45) is 6.20. The van der Waals surface area contributed by atoms with Crippen molar-refractivity contribution >= 4 is 5.57 Å². The smallest absolute Gasteiger partial charge is 0.160 e. The Morgan fingerprint density at radius 3 is 1.33 bits per heavy atom. The molecule has 2 heterocycles. The van der Waals surface area contributed by atoms with Crippen LogP contribution in [0.3, 0.4) is 0 Å². The molecule has 0 saturated heterocycles. The minimum Gasteiger partial charge on any atom is -0.243 e. The molecule has 0 aliphatic carbocycles. The molecule has 48 heavy (non-hydrogen) atoms. The third-order valence-corrected chi connectivity index (χ3v) is 8.18. The van der Waals surface area contributed by atoms with Gasteiger partial charge in [-0.05, 0) is 31.6 Å². The Hall–Kier alpha value is -6.26. The van der Waals surface area contributed by atoms with Crippen molar-refractivity contribution in [2.45, 2.75) is 13.8 Å². The molecule has 0 aliphatic heterocycles. The summed E-state index contributed by atoms with van der Waals surface area (Å²) in [6.45, 7) is 4.05. The summed E-state index contributed by atoms with van der Waals surface area (Å²) in [4.78, 5) is 21.0. The van der Waals surface area contributed by atoms with Crippen LogP contribution >= 0.6 is 0 Å². The van der Waals surface area contributed by atoms with E-state index >= 15 is 0 Å². The number of benzene rings is 5. The molecule has 7 aromatic rings. The first-order chi connectivity index (χ1) is 23.7. The Labute approximate surface area is 281 Å². The molecular weight excluding hydrogens is 585 g/mol. The number of allylic oxidation sites excluding steroid dienone is 4. The second-order valence-electron chi connectivity index (χ2n) is 11.4. The molecule has 7 rings (SSSR count). The van der Waals surface area contributed by atoms with Crippen LogP contribution in [0, 0.1) is 0 Å². The fourth-order valence-corrected chi connectivity index (χ4v) is 5.82. The van der Waals surface area contributed by atoms with Crippen LogP contribution in [0.15, 0.2) is 170 Å². The number of hydrogen-bond donors (Lipinski definition) is 0. The second kappa shape index (κ2) is 14.0. The molecular formula is C44H34N4. The molecule has 4 nitrogen and oxygen atoms in total. The number of rotatable bonds is 8. The van der Waals surface area contributed by atoms with Crippen molar-refractivity contribution < 1.29 is 0 Å². The largest absolute Gasteiger partial charge is 0.243 e. The molecule has 0 unspecified atom stereocenters. The SMILES string of the molecule is C/C=C\C(=C/C)c1cc(-c2ccccc2)nc(-c2cccc(-c3nc(-c4ccccc4)c(-c4ccccc4)nc3-c3ccccc3)c2)n1. The molecule has 4 heteroatoms. The molecule has 0 saturated carbocycles. The van der Waals surface area contributed by atoms with Crippen molar-refractivity contribution in [3.8, 4) is 67.7 Å². The average molecular weight is 619 g/mol. The minimum atomic E-state index is 0.649. The zero-order chi connectivity index (χ0) is 32.7. The summed E-state index contributed by atoms with van der Waals surface area (Å²) in [5.74, 6) is 0.649. The first kappa shape index (κ1) is 30.4. The van der Waals surface area contributed by atoms with Gasteiger partial charge in [0.1, 0.15) is 0 Å². The van der Waals surface area contributed by atoms with E-state index in [-0.39, 0.29) is 0 Å². The Kier molecular flexibility index (Phi) is 8.88. The van der Waals surface area contributed by atoms with Gasteiger partial charge in [0.25, 0.3) is 0 Å². The fraction of sp³-hybridized carbons (Fsp3) is 0.0455. The molecule has 0 N–H and O–H groups in total. The topological polar surface area (TPSA) is 51.6 Å². The lowest BCUT2D eigenvalue weighted by molar-refractivity contribution is 1.15. The third-order valence-electron chi connectivity index (χ3n) is 8.18. The van der Waals surface area contributed by atoms with E-state index in [4.69, 9.17) is 19.9 Å². The second-order valence-corrected chi connectivity index (χ2v) is 11.4. The zero-order valence-corrected chi connectivity index (χ0v) is 27.0. The highest BCUT2D eigenvalue weighted by atomic mass is 14.9. The monoisotopic (exact) mass is 618 g/mol. The van der Waals surface area contributed by atoms with Crippen molar-refractivity contribution in [2.24, 2.45) is 0 Å². The van der Waals surface area contributed by atoms with Crippen LogP contribution in [0.5, 0.6) is 0 Å². The molecule has 2 aromatic heterocycles. The van der Waals surface area contributed by atoms with Gasteiger partial charge in [-0.2, -0.15) is 0 Å². The third kappa shape index (κ3) is 6.37. The lowest BCUT2D eigenvalue weighted by Crippen LogP contribution is -2.01. The minimum absolute atomic E-state index is 0.649. The van der Waals surface area contributed by atoms with Crippen molar-refractivity contribution in [3.63, 3.8) is 0 Å². The highest BCUT2D eigenvalue weighted by Crippen LogP contribution is 2.38. The summed E-state index contributed by atoms with van der Waals surface area (Å²) in [5, 5.41) is 0. The van der Waals surface area contributed by atoms with Crippen LogP contribution in [0.4, 0.5) is 0 Å². The van der Waals surface area contributed by atoms with Crippen LogP contribution in [0.1, 0.15) is 19.5 Å². The van der Waals surface area contributed by atoms with Gasteiger partial charge in [0, 0.05) is 33.4 Å². The quantitative estimate of drug-likeness (QED) is 0.159. The van der Waals surface area contributed by atoms with E-state index in [9.17, 15) is 0 Å². The highest BCUT2D eigenvalue weighted by Gasteiger charge is 2.20. The van der Waals surface area contributed by atoms with Crippen LogP contribution < -0.4 is 0 Å². The van der Waals surface area contributed by atoms with Crippen LogP contribution in [-0.4, -0.2) is 19.9 Å². The van der Waals surface area contributed by atoms with Crippen molar-refractivity contribution in [1.82, 2.24) is 19.9 Å². The van der Waals surface area contributed by atoms with Gasteiger partial charge in [-0.25, -0.2) is 19.9 Å². The van der Waals surface area contributed by atoms with E-state index < -0.39 is 0 Å². The van der Waals surface area contributed by atoms with Gasteiger partial charge in [0.15, 0.2) is 5.82 Å².